The maximum absolute atomic E-state index is 10.6. The Balaban J connectivity index is 3.27. The van der Waals surface area contributed by atoms with Gasteiger partial charge in [-0.2, -0.15) is 0 Å². The third kappa shape index (κ3) is 5.73. The van der Waals surface area contributed by atoms with Crippen molar-refractivity contribution >= 4 is 5.91 Å². The molecule has 3 N–H and O–H groups in total. The summed E-state index contributed by atoms with van der Waals surface area (Å²) in [6.45, 7) is 4.78. The van der Waals surface area contributed by atoms with Crippen LogP contribution in [0.15, 0.2) is 11.8 Å². The van der Waals surface area contributed by atoms with Gasteiger partial charge < -0.3 is 15.8 Å². The van der Waals surface area contributed by atoms with Gasteiger partial charge in [0.2, 0.25) is 5.91 Å². The molecule has 0 radical (unpaired) electrons. The topological polar surface area (TPSA) is 64.3 Å². The van der Waals surface area contributed by atoms with E-state index in [0.29, 0.717) is 13.2 Å². The fraction of sp³-hybridized carbons (Fsp3) is 0.625. The van der Waals surface area contributed by atoms with E-state index in [-0.39, 0.29) is 12.5 Å². The molecule has 70 valence electrons. The highest BCUT2D eigenvalue weighted by Crippen LogP contribution is 1.91. The molecule has 0 aromatic carbocycles. The first kappa shape index (κ1) is 11.0. The van der Waals surface area contributed by atoms with Gasteiger partial charge in [-0.3, -0.25) is 4.79 Å². The number of hydrogen-bond acceptors (Lipinski definition) is 3. The van der Waals surface area contributed by atoms with Crippen LogP contribution in [-0.2, 0) is 9.53 Å². The van der Waals surface area contributed by atoms with Gasteiger partial charge in [0.1, 0.15) is 6.61 Å². The molecule has 0 aromatic heterocycles. The number of ether oxygens (including phenoxy) is 1. The fourth-order valence-electron chi connectivity index (χ4n) is 0.558. The smallest absolute Gasteiger partial charge is 0.233 e. The molecule has 0 aliphatic heterocycles. The van der Waals surface area contributed by atoms with Gasteiger partial charge in [-0.05, 0) is 13.8 Å². The molecule has 0 aliphatic carbocycles. The number of nitrogens with two attached hydrogens (primary N) is 1. The molecule has 0 spiro atoms. The van der Waals surface area contributed by atoms with Crippen molar-refractivity contribution in [2.75, 3.05) is 19.7 Å². The molecule has 0 saturated carbocycles. The van der Waals surface area contributed by atoms with Crippen molar-refractivity contribution in [1.82, 2.24) is 5.32 Å². The number of rotatable bonds is 5. The molecular formula is C8H16N2O2. The zero-order valence-corrected chi connectivity index (χ0v) is 7.59. The summed E-state index contributed by atoms with van der Waals surface area (Å²) < 4.78 is 5.19. The minimum absolute atomic E-state index is 0.0304. The van der Waals surface area contributed by atoms with Gasteiger partial charge >= 0.3 is 0 Å². The SMILES string of the molecule is C/C=C(\C)OCCNC(=O)CN. The first-order valence-electron chi connectivity index (χ1n) is 3.93. The third-order valence-corrected chi connectivity index (χ3v) is 1.35. The second kappa shape index (κ2) is 6.67. The highest BCUT2D eigenvalue weighted by atomic mass is 16.5. The van der Waals surface area contributed by atoms with E-state index in [4.69, 9.17) is 10.5 Å². The lowest BCUT2D eigenvalue weighted by Crippen LogP contribution is -2.32. The van der Waals surface area contributed by atoms with Gasteiger partial charge in [0.05, 0.1) is 18.8 Å². The molecule has 0 atom stereocenters. The molecule has 0 aromatic rings. The Kier molecular flexibility index (Phi) is 6.09. The molecule has 1 amide bonds. The molecule has 0 unspecified atom stereocenters. The summed E-state index contributed by atoms with van der Waals surface area (Å²) in [7, 11) is 0. The molecule has 4 heteroatoms. The first-order chi connectivity index (χ1) is 5.70. The summed E-state index contributed by atoms with van der Waals surface area (Å²) in [5.74, 6) is 0.703. The van der Waals surface area contributed by atoms with Crippen LogP contribution in [0.25, 0.3) is 0 Å². The lowest BCUT2D eigenvalue weighted by molar-refractivity contribution is -0.119. The normalized spacial score (nSPS) is 11.1. The van der Waals surface area contributed by atoms with E-state index < -0.39 is 0 Å². The van der Waals surface area contributed by atoms with E-state index >= 15 is 0 Å². The maximum Gasteiger partial charge on any atom is 0.233 e. The average Bonchev–Trinajstić information content (AvgIpc) is 2.11. The molecule has 0 rings (SSSR count). The van der Waals surface area contributed by atoms with Gasteiger partial charge in [-0.25, -0.2) is 0 Å². The number of amides is 1. The Bertz CT molecular complexity index is 166. The van der Waals surface area contributed by atoms with Crippen LogP contribution in [0, 0.1) is 0 Å². The van der Waals surface area contributed by atoms with Crippen molar-refractivity contribution in [3.8, 4) is 0 Å². The van der Waals surface area contributed by atoms with E-state index in [1.165, 1.54) is 0 Å². The molecule has 0 fully saturated rings. The number of allylic oxidation sites excluding steroid dienone is 2. The van der Waals surface area contributed by atoms with Crippen LogP contribution in [-0.4, -0.2) is 25.6 Å². The highest BCUT2D eigenvalue weighted by molar-refractivity contribution is 5.77. The number of hydrogen-bond donors (Lipinski definition) is 2. The maximum atomic E-state index is 10.6. The summed E-state index contributed by atoms with van der Waals surface area (Å²) >= 11 is 0. The average molecular weight is 172 g/mol. The molecule has 4 nitrogen and oxygen atoms in total. The van der Waals surface area contributed by atoms with Crippen molar-refractivity contribution in [2.45, 2.75) is 13.8 Å². The van der Waals surface area contributed by atoms with Crippen LogP contribution in [0.3, 0.4) is 0 Å². The summed E-state index contributed by atoms with van der Waals surface area (Å²) in [4.78, 5) is 10.6. The minimum Gasteiger partial charge on any atom is -0.497 e. The molecule has 12 heavy (non-hydrogen) atoms. The van der Waals surface area contributed by atoms with Crippen LogP contribution in [0.1, 0.15) is 13.8 Å². The zero-order chi connectivity index (χ0) is 9.40. The Morgan fingerprint density at radius 3 is 2.83 bits per heavy atom. The monoisotopic (exact) mass is 172 g/mol. The summed E-state index contributed by atoms with van der Waals surface area (Å²) in [5, 5.41) is 2.60. The van der Waals surface area contributed by atoms with Crippen LogP contribution in [0.4, 0.5) is 0 Å². The van der Waals surface area contributed by atoms with Crippen molar-refractivity contribution in [1.29, 1.82) is 0 Å². The van der Waals surface area contributed by atoms with E-state index in [0.717, 1.165) is 5.76 Å². The van der Waals surface area contributed by atoms with Crippen LogP contribution >= 0.6 is 0 Å². The van der Waals surface area contributed by atoms with Gasteiger partial charge in [0, 0.05) is 0 Å². The Morgan fingerprint density at radius 1 is 1.67 bits per heavy atom. The first-order valence-corrected chi connectivity index (χ1v) is 3.93. The quantitative estimate of drug-likeness (QED) is 0.453. The van der Waals surface area contributed by atoms with Crippen molar-refractivity contribution in [3.63, 3.8) is 0 Å². The van der Waals surface area contributed by atoms with E-state index in [9.17, 15) is 4.79 Å². The van der Waals surface area contributed by atoms with Gasteiger partial charge in [-0.15, -0.1) is 0 Å². The van der Waals surface area contributed by atoms with Crippen LogP contribution < -0.4 is 11.1 Å². The second-order valence-electron chi connectivity index (χ2n) is 2.30. The molecule has 0 bridgehead atoms. The predicted molar refractivity (Wildman–Crippen MR) is 47.4 cm³/mol. The number of carbonyl (C=O) groups excluding carboxylic acids is 1. The second-order valence-corrected chi connectivity index (χ2v) is 2.30. The summed E-state index contributed by atoms with van der Waals surface area (Å²) in [6, 6.07) is 0. The molecular weight excluding hydrogens is 156 g/mol. The zero-order valence-electron chi connectivity index (χ0n) is 7.59. The van der Waals surface area contributed by atoms with Gasteiger partial charge in [-0.1, -0.05) is 6.08 Å². The number of nitrogens with one attached hydrogen (secondary N) is 1. The number of carbonyl (C=O) groups is 1. The fourth-order valence-corrected chi connectivity index (χ4v) is 0.558. The lowest BCUT2D eigenvalue weighted by Gasteiger charge is -2.06. The van der Waals surface area contributed by atoms with Crippen molar-refractivity contribution in [3.05, 3.63) is 11.8 Å². The third-order valence-electron chi connectivity index (χ3n) is 1.35. The largest absolute Gasteiger partial charge is 0.497 e. The van der Waals surface area contributed by atoms with Crippen LogP contribution in [0.2, 0.25) is 0 Å². The van der Waals surface area contributed by atoms with Crippen LogP contribution in [0.5, 0.6) is 0 Å². The van der Waals surface area contributed by atoms with Crippen molar-refractivity contribution < 1.29 is 9.53 Å². The van der Waals surface area contributed by atoms with E-state index in [1.54, 1.807) is 0 Å². The molecule has 0 saturated heterocycles. The lowest BCUT2D eigenvalue weighted by atomic mass is 10.5. The Hall–Kier alpha value is -1.03. The molecule has 0 aliphatic rings. The molecule has 0 heterocycles. The van der Waals surface area contributed by atoms with E-state index in [1.807, 2.05) is 19.9 Å². The van der Waals surface area contributed by atoms with E-state index in [2.05, 4.69) is 5.32 Å². The standard InChI is InChI=1S/C8H16N2O2/c1-3-7(2)12-5-4-10-8(11)6-9/h3H,4-6,9H2,1-2H3,(H,10,11)/b7-3+. The van der Waals surface area contributed by atoms with Gasteiger partial charge in [0.15, 0.2) is 0 Å². The summed E-state index contributed by atoms with van der Waals surface area (Å²) in [6.07, 6.45) is 1.87. The highest BCUT2D eigenvalue weighted by Gasteiger charge is 1.94. The van der Waals surface area contributed by atoms with Crippen molar-refractivity contribution in [2.24, 2.45) is 5.73 Å². The minimum atomic E-state index is -0.156. The van der Waals surface area contributed by atoms with Gasteiger partial charge in [0.25, 0.3) is 0 Å². The Labute approximate surface area is 72.8 Å². The summed E-state index contributed by atoms with van der Waals surface area (Å²) in [5.41, 5.74) is 5.08. The Morgan fingerprint density at radius 2 is 2.33 bits per heavy atom. The predicted octanol–water partition coefficient (Wildman–Crippen LogP) is 0.00160.